The van der Waals surface area contributed by atoms with Crippen LogP contribution >= 0.6 is 8.58 Å². The van der Waals surface area contributed by atoms with Gasteiger partial charge in [0.1, 0.15) is 0 Å². The van der Waals surface area contributed by atoms with Crippen molar-refractivity contribution in [2.45, 2.75) is 9.88 Å². The molecule has 0 spiro atoms. The second-order valence-electron chi connectivity index (χ2n) is 3.43. The van der Waals surface area contributed by atoms with Crippen LogP contribution in [-0.4, -0.2) is 21.1 Å². The molecule has 0 aliphatic rings. The quantitative estimate of drug-likeness (QED) is 0.585. The van der Waals surface area contributed by atoms with Gasteiger partial charge in [0, 0.05) is 0 Å². The van der Waals surface area contributed by atoms with Gasteiger partial charge in [-0.2, -0.15) is 0 Å². The predicted molar refractivity (Wildman–Crippen MR) is 79.3 cm³/mol. The van der Waals surface area contributed by atoms with Crippen LogP contribution in [0.5, 0.6) is 0 Å². The van der Waals surface area contributed by atoms with Crippen LogP contribution in [0, 0.1) is 0 Å². The van der Waals surface area contributed by atoms with Crippen molar-refractivity contribution in [3.8, 4) is 0 Å². The van der Waals surface area contributed by atoms with Crippen LogP contribution < -0.4 is 10.6 Å². The first-order valence-corrected chi connectivity index (χ1v) is 13.1. The zero-order valence-electron chi connectivity index (χ0n) is 9.85. The zero-order chi connectivity index (χ0) is 11.6. The number of hydrogen-bond acceptors (Lipinski definition) is 0. The van der Waals surface area contributed by atoms with Gasteiger partial charge in [0.25, 0.3) is 0 Å². The summed E-state index contributed by atoms with van der Waals surface area (Å²) >= 11 is 0.110. The third kappa shape index (κ3) is 5.67. The molecule has 0 aliphatic heterocycles. The van der Waals surface area contributed by atoms with Crippen molar-refractivity contribution in [1.82, 2.24) is 0 Å². The Bertz CT molecular complexity index is 335. The summed E-state index contributed by atoms with van der Waals surface area (Å²) in [4.78, 5) is 4.63. The molecule has 83 valence electrons. The molecule has 2 aromatic rings. The fraction of sp³-hybridized carbons (Fsp3) is 0.143. The van der Waals surface area contributed by atoms with E-state index in [1.807, 2.05) is 0 Å². The molecule has 16 heavy (non-hydrogen) atoms. The molecule has 0 fully saturated rings. The first kappa shape index (κ1) is 13.7. The van der Waals surface area contributed by atoms with Crippen molar-refractivity contribution in [1.29, 1.82) is 0 Å². The normalized spacial score (nSPS) is 9.12. The first-order valence-electron chi connectivity index (χ1n) is 5.48. The third-order valence-electron chi connectivity index (χ3n) is 1.84. The third-order valence-corrected chi connectivity index (χ3v) is 3.08. The van der Waals surface area contributed by atoms with Gasteiger partial charge in [-0.3, -0.25) is 0 Å². The van der Waals surface area contributed by atoms with E-state index in [2.05, 4.69) is 70.5 Å². The number of hydrogen-bond donors (Lipinski definition) is 0. The van der Waals surface area contributed by atoms with Crippen LogP contribution in [-0.2, 0) is 0 Å². The minimum Gasteiger partial charge on any atom is -0.0622 e. The molecule has 0 bridgehead atoms. The van der Waals surface area contributed by atoms with E-state index < -0.39 is 0 Å². The Morgan fingerprint density at radius 2 is 1.00 bits per heavy atom. The molecule has 2 aromatic carbocycles. The topological polar surface area (TPSA) is 0 Å². The molecule has 2 heteroatoms. The number of benzene rings is 2. The summed E-state index contributed by atoms with van der Waals surface area (Å²) in [6, 6.07) is 21.2. The number of rotatable bonds is 2. The molecular weight excluding hydrogens is 318 g/mol. The maximum atomic E-state index is 2.32. The smallest absolute Gasteiger partial charge is 0.0226 e. The van der Waals surface area contributed by atoms with Gasteiger partial charge in [0.2, 0.25) is 0 Å². The summed E-state index contributed by atoms with van der Waals surface area (Å²) in [7, 11) is 0.777. The fourth-order valence-corrected chi connectivity index (χ4v) is 2.26. The average molecular weight is 336 g/mol. The Kier molecular flexibility index (Phi) is 7.53. The molecule has 0 N–H and O–H groups in total. The molecule has 1 radical (unpaired) electrons. The van der Waals surface area contributed by atoms with E-state index in [9.17, 15) is 0 Å². The standard InChI is InChI=1S/C12H11P.2CH3.Sn.H/c1-3-7-11(8-4-1)13-12-9-5-2-6-10-12;;;;/h1-10,13H;2*1H3;;. The Labute approximate surface area is 110 Å². The monoisotopic (exact) mass is 337 g/mol. The Morgan fingerprint density at radius 1 is 0.688 bits per heavy atom. The molecule has 0 nitrogen and oxygen atoms in total. The summed E-state index contributed by atoms with van der Waals surface area (Å²) in [5, 5.41) is 2.79. The summed E-state index contributed by atoms with van der Waals surface area (Å²) < 4.78 is 0. The van der Waals surface area contributed by atoms with E-state index in [4.69, 9.17) is 0 Å². The molecule has 0 unspecified atom stereocenters. The van der Waals surface area contributed by atoms with Crippen molar-refractivity contribution in [3.63, 3.8) is 0 Å². The van der Waals surface area contributed by atoms with E-state index in [1.165, 1.54) is 10.6 Å². The van der Waals surface area contributed by atoms with E-state index in [0.717, 1.165) is 8.58 Å². The van der Waals surface area contributed by atoms with Gasteiger partial charge < -0.3 is 0 Å². The van der Waals surface area contributed by atoms with Gasteiger partial charge in [-0.25, -0.2) is 0 Å². The molecule has 2 rings (SSSR count). The summed E-state index contributed by atoms with van der Waals surface area (Å²) in [5.41, 5.74) is 0. The van der Waals surface area contributed by atoms with Crippen LogP contribution in [0.4, 0.5) is 0 Å². The maximum absolute atomic E-state index is 2.32. The second kappa shape index (κ2) is 8.78. The molecular formula is C14H18PSn. The van der Waals surface area contributed by atoms with Crippen molar-refractivity contribution in [2.75, 3.05) is 0 Å². The van der Waals surface area contributed by atoms with Crippen molar-refractivity contribution in [3.05, 3.63) is 60.7 Å². The van der Waals surface area contributed by atoms with E-state index in [0.29, 0.717) is 0 Å². The molecule has 0 atom stereocenters. The van der Waals surface area contributed by atoms with Crippen LogP contribution in [0.1, 0.15) is 0 Å². The predicted octanol–water partition coefficient (Wildman–Crippen LogP) is 2.84. The van der Waals surface area contributed by atoms with Crippen molar-refractivity contribution in [2.24, 2.45) is 0 Å². The maximum Gasteiger partial charge on any atom is -0.0226 e. The van der Waals surface area contributed by atoms with E-state index in [-0.39, 0.29) is 21.1 Å². The van der Waals surface area contributed by atoms with Gasteiger partial charge in [0.05, 0.1) is 0 Å². The van der Waals surface area contributed by atoms with Gasteiger partial charge in [0.15, 0.2) is 0 Å². The average Bonchev–Trinajstić information content (AvgIpc) is 2.33. The minimum atomic E-state index is 0.110. The first-order chi connectivity index (χ1) is 7.86. The summed E-state index contributed by atoms with van der Waals surface area (Å²) in [5.74, 6) is 0. The molecule has 0 heterocycles. The van der Waals surface area contributed by atoms with Crippen molar-refractivity contribution >= 4 is 40.3 Å². The largest absolute Gasteiger partial charge is 0.0622 e. The molecule has 0 saturated heterocycles. The van der Waals surface area contributed by atoms with Gasteiger partial charge in [-0.1, -0.05) is 69.2 Å². The van der Waals surface area contributed by atoms with Crippen molar-refractivity contribution < 1.29 is 0 Å². The minimum absolute atomic E-state index is 0.110. The summed E-state index contributed by atoms with van der Waals surface area (Å²) in [6.45, 7) is 0. The molecule has 0 saturated carbocycles. The molecule has 0 aromatic heterocycles. The zero-order valence-corrected chi connectivity index (χ0v) is 14.1. The fourth-order valence-electron chi connectivity index (χ4n) is 1.21. The Morgan fingerprint density at radius 3 is 1.31 bits per heavy atom. The van der Waals surface area contributed by atoms with Gasteiger partial charge in [-0.05, 0) is 10.6 Å². The molecule has 0 aliphatic carbocycles. The Balaban J connectivity index is 0.000000386. The van der Waals surface area contributed by atoms with Gasteiger partial charge >= 0.3 is 31.0 Å². The van der Waals surface area contributed by atoms with Gasteiger partial charge in [-0.15, -0.1) is 0 Å². The van der Waals surface area contributed by atoms with Crippen LogP contribution in [0.25, 0.3) is 0 Å². The van der Waals surface area contributed by atoms with Crippen LogP contribution in [0.3, 0.4) is 0 Å². The van der Waals surface area contributed by atoms with E-state index >= 15 is 0 Å². The summed E-state index contributed by atoms with van der Waals surface area (Å²) in [6.07, 6.45) is 0. The second-order valence-corrected chi connectivity index (χ2v) is 8.13. The van der Waals surface area contributed by atoms with Crippen LogP contribution in [0.2, 0.25) is 9.88 Å². The van der Waals surface area contributed by atoms with E-state index in [1.54, 1.807) is 0 Å². The SMILES string of the molecule is [CH3][SnH][CH3].c1ccc(Pc2ccccc2)cc1. The Hall–Kier alpha value is -0.331. The van der Waals surface area contributed by atoms with Crippen LogP contribution in [0.15, 0.2) is 60.7 Å². The molecule has 0 amide bonds.